The number of nitrogens with zero attached hydrogens (tertiary/aromatic N) is 4. The minimum Gasteiger partial charge on any atom is -0.271 e. The maximum Gasteiger partial charge on any atom is 0.115 e. The van der Waals surface area contributed by atoms with E-state index < -0.39 is 0 Å². The van der Waals surface area contributed by atoms with Gasteiger partial charge in [0.25, 0.3) is 0 Å². The molecule has 0 amide bonds. The third-order valence-corrected chi connectivity index (χ3v) is 2.90. The van der Waals surface area contributed by atoms with Gasteiger partial charge in [-0.05, 0) is 19.4 Å². The molecule has 2 aromatic rings. The average Bonchev–Trinajstić information content (AvgIpc) is 2.84. The van der Waals surface area contributed by atoms with Crippen molar-refractivity contribution in [3.05, 3.63) is 41.7 Å². The van der Waals surface area contributed by atoms with Crippen LogP contribution in [-0.4, -0.2) is 19.7 Å². The minimum atomic E-state index is -0.140. The van der Waals surface area contributed by atoms with E-state index in [-0.39, 0.29) is 6.04 Å². The predicted octanol–water partition coefficient (Wildman–Crippen LogP) is 0.808. The zero-order valence-corrected chi connectivity index (χ0v) is 10.7. The van der Waals surface area contributed by atoms with Crippen LogP contribution in [0, 0.1) is 0 Å². The van der Waals surface area contributed by atoms with E-state index in [2.05, 4.69) is 40.4 Å². The summed E-state index contributed by atoms with van der Waals surface area (Å²) in [6.45, 7) is 4.95. The Morgan fingerprint density at radius 2 is 2.06 bits per heavy atom. The molecular formula is C12H18N6. The fourth-order valence-corrected chi connectivity index (χ4v) is 1.96. The van der Waals surface area contributed by atoms with E-state index in [9.17, 15) is 0 Å². The molecule has 0 saturated carbocycles. The van der Waals surface area contributed by atoms with Gasteiger partial charge in [0.1, 0.15) is 6.33 Å². The molecule has 18 heavy (non-hydrogen) atoms. The van der Waals surface area contributed by atoms with Crippen molar-refractivity contribution in [2.75, 3.05) is 0 Å². The number of hydrogen-bond donors (Lipinski definition) is 2. The molecule has 1 atom stereocenters. The smallest absolute Gasteiger partial charge is 0.115 e. The van der Waals surface area contributed by atoms with Crippen LogP contribution in [0.5, 0.6) is 0 Å². The highest BCUT2D eigenvalue weighted by atomic mass is 15.3. The van der Waals surface area contributed by atoms with Crippen molar-refractivity contribution in [2.45, 2.75) is 32.9 Å². The Balaban J connectivity index is 2.41. The summed E-state index contributed by atoms with van der Waals surface area (Å²) >= 11 is 0. The quantitative estimate of drug-likeness (QED) is 0.602. The molecule has 2 heterocycles. The summed E-state index contributed by atoms with van der Waals surface area (Å²) in [6.07, 6.45) is 5.93. The molecule has 6 heteroatoms. The molecule has 2 aromatic heterocycles. The van der Waals surface area contributed by atoms with Crippen molar-refractivity contribution < 1.29 is 0 Å². The van der Waals surface area contributed by atoms with E-state index >= 15 is 0 Å². The van der Waals surface area contributed by atoms with Gasteiger partial charge in [0.2, 0.25) is 0 Å². The van der Waals surface area contributed by atoms with Gasteiger partial charge in [0.15, 0.2) is 0 Å². The van der Waals surface area contributed by atoms with Crippen LogP contribution in [0.2, 0.25) is 0 Å². The third kappa shape index (κ3) is 2.39. The summed E-state index contributed by atoms with van der Waals surface area (Å²) < 4.78 is 1.95. The minimum absolute atomic E-state index is 0.140. The molecule has 0 fully saturated rings. The Morgan fingerprint density at radius 1 is 1.33 bits per heavy atom. The van der Waals surface area contributed by atoms with Crippen LogP contribution in [0.3, 0.4) is 0 Å². The summed E-state index contributed by atoms with van der Waals surface area (Å²) in [4.78, 5) is 8.05. The number of nitrogens with two attached hydrogens (primary N) is 1. The molecule has 0 bridgehead atoms. The molecule has 0 radical (unpaired) electrons. The van der Waals surface area contributed by atoms with Gasteiger partial charge in [-0.1, -0.05) is 6.92 Å². The fourth-order valence-electron chi connectivity index (χ4n) is 1.96. The molecule has 0 saturated heterocycles. The molecule has 96 valence electrons. The lowest BCUT2D eigenvalue weighted by Gasteiger charge is -2.16. The van der Waals surface area contributed by atoms with Crippen molar-refractivity contribution in [3.63, 3.8) is 0 Å². The lowest BCUT2D eigenvalue weighted by atomic mass is 10.1. The molecule has 3 N–H and O–H groups in total. The van der Waals surface area contributed by atoms with E-state index in [1.54, 1.807) is 12.4 Å². The molecule has 0 aromatic carbocycles. The molecule has 6 nitrogen and oxygen atoms in total. The lowest BCUT2D eigenvalue weighted by molar-refractivity contribution is 0.539. The van der Waals surface area contributed by atoms with E-state index in [0.717, 1.165) is 29.9 Å². The molecule has 2 rings (SSSR count). The first kappa shape index (κ1) is 12.7. The van der Waals surface area contributed by atoms with Crippen LogP contribution >= 0.6 is 0 Å². The van der Waals surface area contributed by atoms with Gasteiger partial charge in [-0.15, -0.1) is 0 Å². The normalized spacial score (nSPS) is 12.6. The second-order valence-electron chi connectivity index (χ2n) is 4.00. The first-order valence-corrected chi connectivity index (χ1v) is 6.07. The van der Waals surface area contributed by atoms with Gasteiger partial charge in [0.05, 0.1) is 17.4 Å². The Labute approximate surface area is 106 Å². The molecule has 0 aliphatic carbocycles. The van der Waals surface area contributed by atoms with Crippen molar-refractivity contribution in [2.24, 2.45) is 5.84 Å². The molecular weight excluding hydrogens is 228 g/mol. The van der Waals surface area contributed by atoms with E-state index in [1.165, 1.54) is 6.33 Å². The standard InChI is InChI=1S/C12H18N6/c1-3-10-5-11(18(4-2)17-10)12(16-13)9-6-14-8-15-7-9/h5-8,12,16H,3-4,13H2,1-2H3. The van der Waals surface area contributed by atoms with Gasteiger partial charge in [-0.2, -0.15) is 5.10 Å². The average molecular weight is 246 g/mol. The topological polar surface area (TPSA) is 81.6 Å². The number of hydrazine groups is 1. The van der Waals surface area contributed by atoms with Crippen LogP contribution < -0.4 is 11.3 Å². The fraction of sp³-hybridized carbons (Fsp3) is 0.417. The Bertz CT molecular complexity index is 493. The van der Waals surface area contributed by atoms with Crippen molar-refractivity contribution >= 4 is 0 Å². The van der Waals surface area contributed by atoms with Gasteiger partial charge in [-0.3, -0.25) is 10.5 Å². The summed E-state index contributed by atoms with van der Waals surface area (Å²) in [7, 11) is 0. The highest BCUT2D eigenvalue weighted by Gasteiger charge is 2.18. The Kier molecular flexibility index (Phi) is 4.01. The molecule has 0 aliphatic rings. The van der Waals surface area contributed by atoms with Crippen LogP contribution in [0.25, 0.3) is 0 Å². The van der Waals surface area contributed by atoms with Crippen LogP contribution in [0.15, 0.2) is 24.8 Å². The van der Waals surface area contributed by atoms with E-state index in [4.69, 9.17) is 5.84 Å². The number of nitrogens with one attached hydrogen (secondary N) is 1. The first-order chi connectivity index (χ1) is 8.80. The lowest BCUT2D eigenvalue weighted by Crippen LogP contribution is -2.30. The zero-order valence-electron chi connectivity index (χ0n) is 10.7. The summed E-state index contributed by atoms with van der Waals surface area (Å²) in [5, 5.41) is 4.52. The Hall–Kier alpha value is -1.79. The molecule has 0 aliphatic heterocycles. The van der Waals surface area contributed by atoms with Crippen molar-refractivity contribution in [3.8, 4) is 0 Å². The summed E-state index contributed by atoms with van der Waals surface area (Å²) in [5.41, 5.74) is 5.83. The number of aromatic nitrogens is 4. The highest BCUT2D eigenvalue weighted by Crippen LogP contribution is 2.21. The number of hydrogen-bond acceptors (Lipinski definition) is 5. The predicted molar refractivity (Wildman–Crippen MR) is 68.5 cm³/mol. The third-order valence-electron chi connectivity index (χ3n) is 2.90. The maximum absolute atomic E-state index is 5.66. The number of rotatable bonds is 5. The van der Waals surface area contributed by atoms with Gasteiger partial charge in [0, 0.05) is 24.5 Å². The van der Waals surface area contributed by atoms with Crippen LogP contribution in [-0.2, 0) is 13.0 Å². The van der Waals surface area contributed by atoms with Crippen molar-refractivity contribution in [1.82, 2.24) is 25.2 Å². The summed E-state index contributed by atoms with van der Waals surface area (Å²) in [6, 6.07) is 1.93. The van der Waals surface area contributed by atoms with Crippen LogP contribution in [0.4, 0.5) is 0 Å². The maximum atomic E-state index is 5.66. The molecule has 1 unspecified atom stereocenters. The van der Waals surface area contributed by atoms with Crippen molar-refractivity contribution in [1.29, 1.82) is 0 Å². The second-order valence-corrected chi connectivity index (χ2v) is 4.00. The first-order valence-electron chi connectivity index (χ1n) is 6.07. The monoisotopic (exact) mass is 246 g/mol. The van der Waals surface area contributed by atoms with Gasteiger partial charge >= 0.3 is 0 Å². The van der Waals surface area contributed by atoms with E-state index in [1.807, 2.05) is 4.68 Å². The van der Waals surface area contributed by atoms with Crippen LogP contribution in [0.1, 0.15) is 36.8 Å². The van der Waals surface area contributed by atoms with E-state index in [0.29, 0.717) is 0 Å². The van der Waals surface area contributed by atoms with Gasteiger partial charge in [-0.25, -0.2) is 15.4 Å². The largest absolute Gasteiger partial charge is 0.271 e. The zero-order chi connectivity index (χ0) is 13.0. The Morgan fingerprint density at radius 3 is 2.61 bits per heavy atom. The number of aryl methyl sites for hydroxylation is 2. The highest BCUT2D eigenvalue weighted by molar-refractivity contribution is 5.25. The van der Waals surface area contributed by atoms with Gasteiger partial charge < -0.3 is 0 Å². The SMILES string of the molecule is CCc1cc(C(NN)c2cncnc2)n(CC)n1. The molecule has 0 spiro atoms. The summed E-state index contributed by atoms with van der Waals surface area (Å²) in [5.74, 6) is 5.66. The second kappa shape index (κ2) is 5.70.